The molecular formula is C16H20N2O3. The van der Waals surface area contributed by atoms with E-state index in [0.29, 0.717) is 12.0 Å². The Balaban J connectivity index is 1.87. The quantitative estimate of drug-likeness (QED) is 0.640. The normalized spacial score (nSPS) is 23.8. The van der Waals surface area contributed by atoms with Crippen molar-refractivity contribution in [2.75, 3.05) is 13.1 Å². The van der Waals surface area contributed by atoms with Crippen molar-refractivity contribution in [1.29, 1.82) is 0 Å². The Kier molecular flexibility index (Phi) is 3.45. The van der Waals surface area contributed by atoms with Crippen molar-refractivity contribution in [2.45, 2.75) is 32.6 Å². The van der Waals surface area contributed by atoms with Gasteiger partial charge in [-0.2, -0.15) is 0 Å². The predicted octanol–water partition coefficient (Wildman–Crippen LogP) is 1.53. The lowest BCUT2D eigenvalue weighted by molar-refractivity contribution is -0.119. The number of fused-ring (bicyclic) bond motifs is 1. The van der Waals surface area contributed by atoms with E-state index in [0.717, 1.165) is 36.4 Å². The second kappa shape index (κ2) is 5.15. The highest BCUT2D eigenvalue weighted by atomic mass is 16.5. The molecule has 2 N–H and O–H groups in total. The summed E-state index contributed by atoms with van der Waals surface area (Å²) in [7, 11) is 0. The van der Waals surface area contributed by atoms with Gasteiger partial charge in [-0.3, -0.25) is 14.8 Å². The molecule has 5 heteroatoms. The molecule has 0 unspecified atom stereocenters. The first-order chi connectivity index (χ1) is 10.0. The molecule has 5 nitrogen and oxygen atoms in total. The highest BCUT2D eigenvalue weighted by Gasteiger charge is 2.40. The van der Waals surface area contributed by atoms with Gasteiger partial charge < -0.3 is 5.32 Å². The summed E-state index contributed by atoms with van der Waals surface area (Å²) >= 11 is 0. The number of benzene rings is 1. The number of rotatable bonds is 2. The lowest BCUT2D eigenvalue weighted by Crippen LogP contribution is -2.32. The summed E-state index contributed by atoms with van der Waals surface area (Å²) < 4.78 is 0. The second-order valence-corrected chi connectivity index (χ2v) is 6.13. The van der Waals surface area contributed by atoms with Crippen LogP contribution in [0.1, 0.15) is 41.3 Å². The predicted molar refractivity (Wildman–Crippen MR) is 77.0 cm³/mol. The van der Waals surface area contributed by atoms with Crippen LogP contribution < -0.4 is 5.32 Å². The van der Waals surface area contributed by atoms with Crippen LogP contribution in [0.15, 0.2) is 18.2 Å². The van der Waals surface area contributed by atoms with Crippen LogP contribution in [0.5, 0.6) is 0 Å². The van der Waals surface area contributed by atoms with E-state index in [2.05, 4.69) is 5.32 Å². The summed E-state index contributed by atoms with van der Waals surface area (Å²) in [5.74, 6) is -0.251. The maximum Gasteiger partial charge on any atom is 0.277 e. The van der Waals surface area contributed by atoms with Crippen molar-refractivity contribution < 1.29 is 14.8 Å². The molecule has 1 heterocycles. The molecule has 0 bridgehead atoms. The molecule has 3 rings (SSSR count). The second-order valence-electron chi connectivity index (χ2n) is 6.13. The number of carbonyl (C=O) groups is 2. The molecular weight excluding hydrogens is 268 g/mol. The molecule has 21 heavy (non-hydrogen) atoms. The summed E-state index contributed by atoms with van der Waals surface area (Å²) in [6.45, 7) is 2.71. The van der Waals surface area contributed by atoms with Crippen molar-refractivity contribution in [2.24, 2.45) is 5.41 Å². The molecule has 1 spiro atoms. The fourth-order valence-corrected chi connectivity index (χ4v) is 3.41. The molecule has 0 radical (unpaired) electrons. The van der Waals surface area contributed by atoms with Gasteiger partial charge in [-0.15, -0.1) is 0 Å². The molecule has 0 saturated carbocycles. The largest absolute Gasteiger partial charge is 0.356 e. The zero-order chi connectivity index (χ0) is 15.0. The number of amides is 2. The Morgan fingerprint density at radius 2 is 2.19 bits per heavy atom. The van der Waals surface area contributed by atoms with Gasteiger partial charge in [0, 0.05) is 30.5 Å². The number of hydroxylamine groups is 2. The van der Waals surface area contributed by atoms with Crippen molar-refractivity contribution in [3.8, 4) is 0 Å². The van der Waals surface area contributed by atoms with E-state index in [1.165, 1.54) is 5.56 Å². The monoisotopic (exact) mass is 288 g/mol. The third kappa shape index (κ3) is 2.53. The van der Waals surface area contributed by atoms with Crippen LogP contribution in [-0.4, -0.2) is 35.2 Å². The molecule has 112 valence electrons. The minimum atomic E-state index is -0.374. The van der Waals surface area contributed by atoms with E-state index in [1.807, 2.05) is 12.1 Å². The van der Waals surface area contributed by atoms with Gasteiger partial charge in [-0.1, -0.05) is 6.07 Å². The van der Waals surface area contributed by atoms with Crippen LogP contribution in [0.2, 0.25) is 0 Å². The maximum atomic E-state index is 12.0. The maximum absolute atomic E-state index is 12.0. The highest BCUT2D eigenvalue weighted by molar-refractivity contribution is 5.93. The van der Waals surface area contributed by atoms with E-state index in [4.69, 9.17) is 0 Å². The SMILES string of the molecule is CCN(O)C(=O)c1ccc2c(c1)C[C@@]1(CC2)CNC(=O)C1. The highest BCUT2D eigenvalue weighted by Crippen LogP contribution is 2.40. The molecule has 1 aromatic rings. The van der Waals surface area contributed by atoms with Crippen LogP contribution in [0, 0.1) is 5.41 Å². The van der Waals surface area contributed by atoms with E-state index in [-0.39, 0.29) is 23.8 Å². The lowest BCUT2D eigenvalue weighted by Gasteiger charge is -2.33. The van der Waals surface area contributed by atoms with E-state index >= 15 is 0 Å². The van der Waals surface area contributed by atoms with Crippen LogP contribution >= 0.6 is 0 Å². The van der Waals surface area contributed by atoms with Gasteiger partial charge in [-0.25, -0.2) is 5.06 Å². The fourth-order valence-electron chi connectivity index (χ4n) is 3.41. The summed E-state index contributed by atoms with van der Waals surface area (Å²) in [6, 6.07) is 5.62. The molecule has 1 aliphatic heterocycles. The Labute approximate surface area is 123 Å². The smallest absolute Gasteiger partial charge is 0.277 e. The van der Waals surface area contributed by atoms with Gasteiger partial charge in [0.2, 0.25) is 5.91 Å². The van der Waals surface area contributed by atoms with Crippen molar-refractivity contribution in [3.05, 3.63) is 34.9 Å². The van der Waals surface area contributed by atoms with Crippen molar-refractivity contribution in [1.82, 2.24) is 10.4 Å². The molecule has 1 aliphatic carbocycles. The third-order valence-electron chi connectivity index (χ3n) is 4.67. The van der Waals surface area contributed by atoms with Gasteiger partial charge in [0.15, 0.2) is 0 Å². The summed E-state index contributed by atoms with van der Waals surface area (Å²) in [4.78, 5) is 23.6. The van der Waals surface area contributed by atoms with Crippen LogP contribution in [0.4, 0.5) is 0 Å². The fraction of sp³-hybridized carbons (Fsp3) is 0.500. The topological polar surface area (TPSA) is 69.6 Å². The van der Waals surface area contributed by atoms with Crippen molar-refractivity contribution in [3.63, 3.8) is 0 Å². The van der Waals surface area contributed by atoms with E-state index in [1.54, 1.807) is 13.0 Å². The standard InChI is InChI=1S/C16H20N2O3/c1-2-18(21)15(20)12-4-3-11-5-6-16(8-13(11)7-12)9-14(19)17-10-16/h3-4,7,21H,2,5-6,8-10H2,1H3,(H,17,19)/t16-/m1/s1. The zero-order valence-corrected chi connectivity index (χ0v) is 12.2. The first-order valence-corrected chi connectivity index (χ1v) is 7.42. The first kappa shape index (κ1) is 14.1. The molecule has 1 aromatic carbocycles. The number of hydrogen-bond acceptors (Lipinski definition) is 3. The number of nitrogens with one attached hydrogen (secondary N) is 1. The zero-order valence-electron chi connectivity index (χ0n) is 12.2. The van der Waals surface area contributed by atoms with Gasteiger partial charge >= 0.3 is 0 Å². The minimum Gasteiger partial charge on any atom is -0.356 e. The Hall–Kier alpha value is -1.88. The van der Waals surface area contributed by atoms with E-state index < -0.39 is 0 Å². The number of hydrogen-bond donors (Lipinski definition) is 2. The third-order valence-corrected chi connectivity index (χ3v) is 4.67. The lowest BCUT2D eigenvalue weighted by atomic mass is 9.71. The molecule has 1 atom stereocenters. The Morgan fingerprint density at radius 3 is 2.86 bits per heavy atom. The van der Waals surface area contributed by atoms with Crippen LogP contribution in [-0.2, 0) is 17.6 Å². The Morgan fingerprint density at radius 1 is 1.38 bits per heavy atom. The molecule has 2 amide bonds. The van der Waals surface area contributed by atoms with E-state index in [9.17, 15) is 14.8 Å². The Bertz CT molecular complexity index is 599. The summed E-state index contributed by atoms with van der Waals surface area (Å²) in [5.41, 5.74) is 2.90. The molecule has 0 aromatic heterocycles. The van der Waals surface area contributed by atoms with Gasteiger partial charge in [0.1, 0.15) is 0 Å². The number of nitrogens with zero attached hydrogens (tertiary/aromatic N) is 1. The number of aryl methyl sites for hydroxylation is 1. The molecule has 2 aliphatic rings. The average molecular weight is 288 g/mol. The van der Waals surface area contributed by atoms with Crippen LogP contribution in [0.3, 0.4) is 0 Å². The first-order valence-electron chi connectivity index (χ1n) is 7.42. The summed E-state index contributed by atoms with van der Waals surface area (Å²) in [5, 5.41) is 13.2. The van der Waals surface area contributed by atoms with Gasteiger partial charge in [0.25, 0.3) is 5.91 Å². The molecule has 1 fully saturated rings. The van der Waals surface area contributed by atoms with Crippen LogP contribution in [0.25, 0.3) is 0 Å². The molecule has 1 saturated heterocycles. The van der Waals surface area contributed by atoms with Crippen molar-refractivity contribution >= 4 is 11.8 Å². The average Bonchev–Trinajstić information content (AvgIpc) is 2.85. The number of carbonyl (C=O) groups excluding carboxylic acids is 2. The summed E-state index contributed by atoms with van der Waals surface area (Å²) in [6.07, 6.45) is 3.34. The minimum absolute atomic E-state index is 0.00934. The van der Waals surface area contributed by atoms with Gasteiger partial charge in [-0.05, 0) is 49.4 Å². The van der Waals surface area contributed by atoms with Gasteiger partial charge in [0.05, 0.1) is 0 Å².